The first-order valence-electron chi connectivity index (χ1n) is 13.1. The number of aromatic nitrogens is 2. The van der Waals surface area contributed by atoms with E-state index in [2.05, 4.69) is 5.32 Å². The van der Waals surface area contributed by atoms with Gasteiger partial charge >= 0.3 is 5.69 Å². The van der Waals surface area contributed by atoms with Crippen molar-refractivity contribution in [3.8, 4) is 5.75 Å². The van der Waals surface area contributed by atoms with E-state index in [1.807, 2.05) is 54.6 Å². The standard InChI is InChI=1S/C29H34N4O5/c1-31-23-12-10-21(19-24(23)32(2)28(31)36)11-13-26(34)33-16-18-38-29(20-33)14-6-5-8-22-7-3-4-9-25(22)37-17-15-30-27(29)35/h3-7,9-10,12,19H,8,11,13-18,20H2,1-2H3,(H,30,35)/b6-5+. The van der Waals surface area contributed by atoms with Crippen molar-refractivity contribution < 1.29 is 19.1 Å². The second kappa shape index (κ2) is 10.9. The van der Waals surface area contributed by atoms with Crippen LogP contribution in [0.1, 0.15) is 24.0 Å². The largest absolute Gasteiger partial charge is 0.491 e. The van der Waals surface area contributed by atoms with E-state index in [-0.39, 0.29) is 24.0 Å². The van der Waals surface area contributed by atoms with Crippen molar-refractivity contribution in [3.05, 3.63) is 76.2 Å². The van der Waals surface area contributed by atoms with Crippen LogP contribution in [0, 0.1) is 0 Å². The fraction of sp³-hybridized carbons (Fsp3) is 0.414. The first kappa shape index (κ1) is 25.8. The highest BCUT2D eigenvalue weighted by atomic mass is 16.5. The maximum absolute atomic E-state index is 13.3. The van der Waals surface area contributed by atoms with Crippen LogP contribution in [0.2, 0.25) is 0 Å². The zero-order chi connectivity index (χ0) is 26.7. The highest BCUT2D eigenvalue weighted by Crippen LogP contribution is 2.26. The number of hydrogen-bond donors (Lipinski definition) is 1. The third kappa shape index (κ3) is 5.11. The molecule has 38 heavy (non-hydrogen) atoms. The minimum atomic E-state index is -1.13. The molecular weight excluding hydrogens is 484 g/mol. The van der Waals surface area contributed by atoms with E-state index in [1.165, 1.54) is 0 Å². The molecule has 1 unspecified atom stereocenters. The smallest absolute Gasteiger partial charge is 0.328 e. The number of benzene rings is 2. The van der Waals surface area contributed by atoms with Crippen LogP contribution in [-0.2, 0) is 41.3 Å². The van der Waals surface area contributed by atoms with Gasteiger partial charge in [0.25, 0.3) is 5.91 Å². The zero-order valence-corrected chi connectivity index (χ0v) is 21.9. The molecule has 1 N–H and O–H groups in total. The molecule has 3 aromatic rings. The first-order valence-corrected chi connectivity index (χ1v) is 13.1. The van der Waals surface area contributed by atoms with E-state index in [0.717, 1.165) is 27.9 Å². The molecule has 1 saturated heterocycles. The number of aryl methyl sites for hydroxylation is 3. The average molecular weight is 519 g/mol. The Labute approximate surface area is 221 Å². The number of hydrogen-bond acceptors (Lipinski definition) is 5. The summed E-state index contributed by atoms with van der Waals surface area (Å²) in [6.45, 7) is 1.64. The molecule has 9 nitrogen and oxygen atoms in total. The van der Waals surface area contributed by atoms with E-state index < -0.39 is 5.60 Å². The maximum atomic E-state index is 13.3. The highest BCUT2D eigenvalue weighted by Gasteiger charge is 2.44. The zero-order valence-electron chi connectivity index (χ0n) is 21.9. The quantitative estimate of drug-likeness (QED) is 0.536. The number of morpholine rings is 1. The van der Waals surface area contributed by atoms with E-state index in [0.29, 0.717) is 52.0 Å². The van der Waals surface area contributed by atoms with Crippen molar-refractivity contribution in [3.63, 3.8) is 0 Å². The molecule has 2 aliphatic rings. The lowest BCUT2D eigenvalue weighted by Gasteiger charge is -2.41. The lowest BCUT2D eigenvalue weighted by atomic mass is 9.94. The van der Waals surface area contributed by atoms with Crippen LogP contribution in [0.15, 0.2) is 59.4 Å². The Bertz CT molecular complexity index is 1440. The van der Waals surface area contributed by atoms with Crippen molar-refractivity contribution in [2.75, 3.05) is 32.8 Å². The summed E-state index contributed by atoms with van der Waals surface area (Å²) in [4.78, 5) is 40.5. The molecule has 2 aliphatic heterocycles. The molecule has 1 spiro atoms. The summed E-state index contributed by atoms with van der Waals surface area (Å²) in [6, 6.07) is 13.7. The van der Waals surface area contributed by atoms with Crippen molar-refractivity contribution in [2.24, 2.45) is 14.1 Å². The number of ether oxygens (including phenoxy) is 2. The summed E-state index contributed by atoms with van der Waals surface area (Å²) in [5.41, 5.74) is 2.56. The lowest BCUT2D eigenvalue weighted by Crippen LogP contribution is -2.61. The molecule has 1 atom stereocenters. The van der Waals surface area contributed by atoms with E-state index in [9.17, 15) is 14.4 Å². The molecule has 1 aromatic heterocycles. The van der Waals surface area contributed by atoms with Crippen LogP contribution in [0.5, 0.6) is 5.75 Å². The fourth-order valence-electron chi connectivity index (χ4n) is 5.25. The molecule has 200 valence electrons. The van der Waals surface area contributed by atoms with Crippen LogP contribution in [0.3, 0.4) is 0 Å². The van der Waals surface area contributed by atoms with Crippen molar-refractivity contribution in [1.29, 1.82) is 0 Å². The summed E-state index contributed by atoms with van der Waals surface area (Å²) < 4.78 is 15.2. The molecule has 3 heterocycles. The van der Waals surface area contributed by atoms with Gasteiger partial charge < -0.3 is 19.7 Å². The number of para-hydroxylation sites is 1. The van der Waals surface area contributed by atoms with Gasteiger partial charge in [-0.3, -0.25) is 18.7 Å². The molecule has 0 bridgehead atoms. The predicted molar refractivity (Wildman–Crippen MR) is 144 cm³/mol. The molecule has 2 amide bonds. The molecule has 9 heteroatoms. The number of nitrogens with one attached hydrogen (secondary N) is 1. The van der Waals surface area contributed by atoms with Crippen molar-refractivity contribution >= 4 is 22.8 Å². The predicted octanol–water partition coefficient (Wildman–Crippen LogP) is 2.10. The number of carbonyl (C=O) groups is 2. The summed E-state index contributed by atoms with van der Waals surface area (Å²) >= 11 is 0. The summed E-state index contributed by atoms with van der Waals surface area (Å²) in [5, 5.41) is 2.95. The summed E-state index contributed by atoms with van der Waals surface area (Å²) in [5.74, 6) is 0.573. The van der Waals surface area contributed by atoms with E-state index >= 15 is 0 Å². The van der Waals surface area contributed by atoms with Gasteiger partial charge in [0, 0.05) is 33.5 Å². The third-order valence-electron chi connectivity index (χ3n) is 7.49. The Morgan fingerprint density at radius 1 is 1.03 bits per heavy atom. The minimum Gasteiger partial charge on any atom is -0.491 e. The van der Waals surface area contributed by atoms with Crippen LogP contribution >= 0.6 is 0 Å². The molecule has 1 fully saturated rings. The Kier molecular flexibility index (Phi) is 7.37. The van der Waals surface area contributed by atoms with Gasteiger partial charge in [0.1, 0.15) is 12.4 Å². The third-order valence-corrected chi connectivity index (χ3v) is 7.49. The topological polar surface area (TPSA) is 94.8 Å². The second-order valence-electron chi connectivity index (χ2n) is 9.97. The Balaban J connectivity index is 1.27. The minimum absolute atomic E-state index is 0.0186. The average Bonchev–Trinajstić information content (AvgIpc) is 3.15. The van der Waals surface area contributed by atoms with E-state index in [4.69, 9.17) is 9.47 Å². The molecule has 0 radical (unpaired) electrons. The normalized spacial score (nSPS) is 21.2. The number of amides is 2. The van der Waals surface area contributed by atoms with Crippen LogP contribution in [-0.4, -0.2) is 64.3 Å². The number of allylic oxidation sites excluding steroid dienone is 1. The number of carbonyl (C=O) groups excluding carboxylic acids is 2. The maximum Gasteiger partial charge on any atom is 0.328 e. The molecule has 5 rings (SSSR count). The van der Waals surface area contributed by atoms with Gasteiger partial charge in [-0.05, 0) is 42.2 Å². The summed E-state index contributed by atoms with van der Waals surface area (Å²) in [7, 11) is 3.50. The van der Waals surface area contributed by atoms with Crippen LogP contribution in [0.25, 0.3) is 11.0 Å². The summed E-state index contributed by atoms with van der Waals surface area (Å²) in [6.07, 6.45) is 5.91. The van der Waals surface area contributed by atoms with Gasteiger partial charge in [-0.15, -0.1) is 0 Å². The van der Waals surface area contributed by atoms with Crippen molar-refractivity contribution in [1.82, 2.24) is 19.4 Å². The molecular formula is C29H34N4O5. The second-order valence-corrected chi connectivity index (χ2v) is 9.97. The number of imidazole rings is 1. The first-order chi connectivity index (χ1) is 18.4. The van der Waals surface area contributed by atoms with Gasteiger partial charge in [0.15, 0.2) is 5.60 Å². The number of rotatable bonds is 3. The highest BCUT2D eigenvalue weighted by molar-refractivity contribution is 5.87. The molecule has 0 aliphatic carbocycles. The molecule has 2 aromatic carbocycles. The van der Waals surface area contributed by atoms with E-state index in [1.54, 1.807) is 28.1 Å². The van der Waals surface area contributed by atoms with Gasteiger partial charge in [0.2, 0.25) is 5.91 Å². The SMILES string of the molecule is Cn1c(=O)n(C)c2cc(CCC(=O)N3CCOC4(C/C=C/Cc5ccccc5OCCNC4=O)C3)ccc21. The van der Waals surface area contributed by atoms with Gasteiger partial charge in [-0.1, -0.05) is 36.4 Å². The van der Waals surface area contributed by atoms with Crippen molar-refractivity contribution in [2.45, 2.75) is 31.3 Å². The molecule has 0 saturated carbocycles. The monoisotopic (exact) mass is 518 g/mol. The van der Waals surface area contributed by atoms with Gasteiger partial charge in [0.05, 0.1) is 30.7 Å². The Hall–Kier alpha value is -3.85. The van der Waals surface area contributed by atoms with Gasteiger partial charge in [-0.25, -0.2) is 4.79 Å². The fourth-order valence-corrected chi connectivity index (χ4v) is 5.25. The Morgan fingerprint density at radius 3 is 2.71 bits per heavy atom. The van der Waals surface area contributed by atoms with Gasteiger partial charge in [-0.2, -0.15) is 0 Å². The Morgan fingerprint density at radius 2 is 1.84 bits per heavy atom. The number of nitrogens with zero attached hydrogens (tertiary/aromatic N) is 3. The van der Waals surface area contributed by atoms with Crippen LogP contribution in [0.4, 0.5) is 0 Å². The number of fused-ring (bicyclic) bond motifs is 2. The van der Waals surface area contributed by atoms with Crippen LogP contribution < -0.4 is 15.7 Å². The lowest BCUT2D eigenvalue weighted by molar-refractivity contribution is -0.165.